The lowest BCUT2D eigenvalue weighted by atomic mass is 10.0. The predicted octanol–water partition coefficient (Wildman–Crippen LogP) is 3.80. The van der Waals surface area contributed by atoms with E-state index >= 15 is 0 Å². The number of nitrogens with zero attached hydrogens (tertiary/aromatic N) is 1. The molecule has 76 valence electrons. The summed E-state index contributed by atoms with van der Waals surface area (Å²) in [6.07, 6.45) is 14.2. The molecule has 0 saturated heterocycles. The number of hydrogen-bond donors (Lipinski definition) is 0. The molecule has 1 aromatic heterocycles. The van der Waals surface area contributed by atoms with Gasteiger partial charge in [-0.05, 0) is 23.6 Å². The van der Waals surface area contributed by atoms with Crippen LogP contribution in [0.5, 0.6) is 0 Å². The van der Waals surface area contributed by atoms with E-state index in [1.807, 2.05) is 36.6 Å². The van der Waals surface area contributed by atoms with Gasteiger partial charge in [0, 0.05) is 11.8 Å². The van der Waals surface area contributed by atoms with Crippen LogP contribution in [0.1, 0.15) is 36.6 Å². The summed E-state index contributed by atoms with van der Waals surface area (Å²) in [5, 5.41) is 0. The Morgan fingerprint density at radius 1 is 1.00 bits per heavy atom. The van der Waals surface area contributed by atoms with Crippen molar-refractivity contribution in [1.29, 1.82) is 0 Å². The first-order chi connectivity index (χ1) is 7.27. The Hall–Kier alpha value is -1.63. The van der Waals surface area contributed by atoms with Gasteiger partial charge in [0.25, 0.3) is 0 Å². The van der Waals surface area contributed by atoms with E-state index in [-0.39, 0.29) is 0 Å². The molecular formula is C14H15N. The van der Waals surface area contributed by atoms with Gasteiger partial charge in [-0.25, -0.2) is 0 Å². The van der Waals surface area contributed by atoms with Crippen LogP contribution >= 0.6 is 0 Å². The van der Waals surface area contributed by atoms with Crippen LogP contribution in [-0.2, 0) is 0 Å². The molecule has 0 spiro atoms. The van der Waals surface area contributed by atoms with Crippen molar-refractivity contribution in [2.24, 2.45) is 0 Å². The lowest BCUT2D eigenvalue weighted by Gasteiger charge is -2.08. The molecule has 1 aliphatic carbocycles. The van der Waals surface area contributed by atoms with Crippen LogP contribution in [-0.4, -0.2) is 4.98 Å². The number of aromatic nitrogens is 1. The normalized spacial score (nSPS) is 13.8. The molecule has 0 aliphatic heterocycles. The molecular weight excluding hydrogens is 182 g/mol. The number of allylic oxidation sites excluding steroid dienone is 4. The number of fused-ring (bicyclic) bond motifs is 1. The Labute approximate surface area is 90.9 Å². The third-order valence-corrected chi connectivity index (χ3v) is 2.50. The maximum atomic E-state index is 4.47. The average Bonchev–Trinajstić information content (AvgIpc) is 2.18. The molecule has 1 heterocycles. The van der Waals surface area contributed by atoms with Gasteiger partial charge in [0.2, 0.25) is 0 Å². The van der Waals surface area contributed by atoms with E-state index in [4.69, 9.17) is 0 Å². The van der Waals surface area contributed by atoms with Gasteiger partial charge < -0.3 is 0 Å². The summed E-state index contributed by atoms with van der Waals surface area (Å²) in [6, 6.07) is 2.22. The van der Waals surface area contributed by atoms with E-state index in [1.165, 1.54) is 11.1 Å². The highest BCUT2D eigenvalue weighted by atomic mass is 14.7. The molecule has 0 bridgehead atoms. The zero-order chi connectivity index (χ0) is 10.7. The highest BCUT2D eigenvalue weighted by molar-refractivity contribution is 5.65. The number of rotatable bonds is 1. The highest BCUT2D eigenvalue weighted by Crippen LogP contribution is 2.19. The predicted molar refractivity (Wildman–Crippen MR) is 65.5 cm³/mol. The molecule has 0 radical (unpaired) electrons. The standard InChI is InChI=1S/C14H15N/c1-11(2)13-9-12-7-5-3-4-6-8-14(12)15-10-13/h3-11H,1-2H3. The second kappa shape index (κ2) is 4.26. The van der Waals surface area contributed by atoms with Crippen LogP contribution in [0.25, 0.3) is 12.2 Å². The summed E-state index contributed by atoms with van der Waals surface area (Å²) < 4.78 is 0. The van der Waals surface area contributed by atoms with Crippen LogP contribution in [0.3, 0.4) is 0 Å². The molecule has 0 unspecified atom stereocenters. The van der Waals surface area contributed by atoms with Gasteiger partial charge in [-0.3, -0.25) is 4.98 Å². The Morgan fingerprint density at radius 2 is 1.73 bits per heavy atom. The van der Waals surface area contributed by atoms with Crippen molar-refractivity contribution < 1.29 is 0 Å². The van der Waals surface area contributed by atoms with Crippen molar-refractivity contribution in [3.05, 3.63) is 53.4 Å². The van der Waals surface area contributed by atoms with Crippen LogP contribution in [0.4, 0.5) is 0 Å². The Morgan fingerprint density at radius 3 is 2.47 bits per heavy atom. The number of hydrogen-bond acceptors (Lipinski definition) is 1. The molecule has 0 aromatic carbocycles. The lowest BCUT2D eigenvalue weighted by Crippen LogP contribution is -1.94. The van der Waals surface area contributed by atoms with Crippen molar-refractivity contribution in [3.8, 4) is 0 Å². The highest BCUT2D eigenvalue weighted by Gasteiger charge is 2.04. The van der Waals surface area contributed by atoms with Crippen molar-refractivity contribution in [3.63, 3.8) is 0 Å². The molecule has 15 heavy (non-hydrogen) atoms. The quantitative estimate of drug-likeness (QED) is 0.667. The molecule has 0 amide bonds. The third-order valence-electron chi connectivity index (χ3n) is 2.50. The second-order valence-electron chi connectivity index (χ2n) is 4.00. The molecule has 1 aromatic rings. The lowest BCUT2D eigenvalue weighted by molar-refractivity contribution is 0.857. The van der Waals surface area contributed by atoms with Crippen LogP contribution in [0.2, 0.25) is 0 Å². The summed E-state index contributed by atoms with van der Waals surface area (Å²) in [5.41, 5.74) is 3.53. The average molecular weight is 197 g/mol. The molecule has 0 atom stereocenters. The van der Waals surface area contributed by atoms with Crippen LogP contribution in [0.15, 0.2) is 36.6 Å². The van der Waals surface area contributed by atoms with Crippen molar-refractivity contribution in [1.82, 2.24) is 4.98 Å². The molecule has 0 saturated carbocycles. The first kappa shape index (κ1) is 9.91. The van der Waals surface area contributed by atoms with Crippen LogP contribution < -0.4 is 0 Å². The fourth-order valence-corrected chi connectivity index (χ4v) is 1.53. The first-order valence-electron chi connectivity index (χ1n) is 5.29. The zero-order valence-corrected chi connectivity index (χ0v) is 9.14. The molecule has 1 heteroatoms. The van der Waals surface area contributed by atoms with Crippen molar-refractivity contribution in [2.75, 3.05) is 0 Å². The van der Waals surface area contributed by atoms with E-state index in [2.05, 4.69) is 31.0 Å². The fraction of sp³-hybridized carbons (Fsp3) is 0.214. The zero-order valence-electron chi connectivity index (χ0n) is 9.14. The summed E-state index contributed by atoms with van der Waals surface area (Å²) >= 11 is 0. The minimum Gasteiger partial charge on any atom is -0.256 e. The minimum atomic E-state index is 0.529. The Kier molecular flexibility index (Phi) is 2.82. The van der Waals surface area contributed by atoms with Gasteiger partial charge in [-0.1, -0.05) is 44.2 Å². The van der Waals surface area contributed by atoms with Crippen LogP contribution in [0, 0.1) is 0 Å². The second-order valence-corrected chi connectivity index (χ2v) is 4.00. The molecule has 1 nitrogen and oxygen atoms in total. The fourth-order valence-electron chi connectivity index (χ4n) is 1.53. The summed E-state index contributed by atoms with van der Waals surface area (Å²) in [5.74, 6) is 0.529. The van der Waals surface area contributed by atoms with E-state index in [0.29, 0.717) is 5.92 Å². The monoisotopic (exact) mass is 197 g/mol. The SMILES string of the molecule is CC(C)c1cnc2c(c1)C=CC=CC=C2. The van der Waals surface area contributed by atoms with E-state index in [0.717, 1.165) is 5.69 Å². The van der Waals surface area contributed by atoms with Gasteiger partial charge >= 0.3 is 0 Å². The Bertz CT molecular complexity index is 437. The third kappa shape index (κ3) is 2.24. The first-order valence-corrected chi connectivity index (χ1v) is 5.29. The van der Waals surface area contributed by atoms with E-state index in [1.54, 1.807) is 0 Å². The minimum absolute atomic E-state index is 0.529. The van der Waals surface area contributed by atoms with Gasteiger partial charge in [0.05, 0.1) is 5.69 Å². The molecule has 0 fully saturated rings. The van der Waals surface area contributed by atoms with Gasteiger partial charge in [0.15, 0.2) is 0 Å². The summed E-state index contributed by atoms with van der Waals surface area (Å²) in [7, 11) is 0. The largest absolute Gasteiger partial charge is 0.256 e. The topological polar surface area (TPSA) is 12.9 Å². The molecule has 0 N–H and O–H groups in total. The van der Waals surface area contributed by atoms with Crippen molar-refractivity contribution in [2.45, 2.75) is 19.8 Å². The number of pyridine rings is 1. The Balaban J connectivity index is 2.48. The maximum absolute atomic E-state index is 4.47. The van der Waals surface area contributed by atoms with Crippen molar-refractivity contribution >= 4 is 12.2 Å². The van der Waals surface area contributed by atoms with E-state index in [9.17, 15) is 0 Å². The maximum Gasteiger partial charge on any atom is 0.0702 e. The van der Waals surface area contributed by atoms with Gasteiger partial charge in [-0.2, -0.15) is 0 Å². The molecule has 1 aliphatic rings. The summed E-state index contributed by atoms with van der Waals surface area (Å²) in [4.78, 5) is 4.47. The van der Waals surface area contributed by atoms with Gasteiger partial charge in [0.1, 0.15) is 0 Å². The smallest absolute Gasteiger partial charge is 0.0702 e. The summed E-state index contributed by atoms with van der Waals surface area (Å²) in [6.45, 7) is 4.37. The van der Waals surface area contributed by atoms with E-state index < -0.39 is 0 Å². The molecule has 2 rings (SSSR count). The van der Waals surface area contributed by atoms with Gasteiger partial charge in [-0.15, -0.1) is 0 Å².